The van der Waals surface area contributed by atoms with Crippen molar-refractivity contribution in [3.63, 3.8) is 0 Å². The van der Waals surface area contributed by atoms with E-state index in [1.54, 1.807) is 0 Å². The molecule has 4 heteroatoms. The van der Waals surface area contributed by atoms with Crippen LogP contribution in [-0.4, -0.2) is 19.3 Å². The van der Waals surface area contributed by atoms with Crippen molar-refractivity contribution in [2.75, 3.05) is 13.1 Å². The van der Waals surface area contributed by atoms with Gasteiger partial charge in [-0.15, -0.1) is 0 Å². The van der Waals surface area contributed by atoms with E-state index >= 15 is 0 Å². The summed E-state index contributed by atoms with van der Waals surface area (Å²) in [5, 5.41) is 2.68. The maximum Gasteiger partial charge on any atom is 0.390 e. The van der Waals surface area contributed by atoms with E-state index < -0.39 is 12.6 Å². The predicted octanol–water partition coefficient (Wildman–Crippen LogP) is 2.49. The van der Waals surface area contributed by atoms with Crippen molar-refractivity contribution in [2.45, 2.75) is 26.4 Å². The molecule has 0 saturated heterocycles. The predicted molar refractivity (Wildman–Crippen MR) is 43.0 cm³/mol. The Morgan fingerprint density at radius 2 is 1.92 bits per heavy atom. The van der Waals surface area contributed by atoms with Crippen LogP contribution in [0, 0.1) is 0 Å². The van der Waals surface area contributed by atoms with Gasteiger partial charge in [0, 0.05) is 13.1 Å². The standard InChI is InChI=1S/C8H14F3N/c1-7(2)3-5-12-6-4-8(9,10)11/h3,12H,4-6H2,1-2H3. The number of allylic oxidation sites excluding steroid dienone is 1. The highest BCUT2D eigenvalue weighted by molar-refractivity contribution is 4.94. The third-order valence-electron chi connectivity index (χ3n) is 1.24. The zero-order chi connectivity index (χ0) is 9.61. The maximum atomic E-state index is 11.6. The summed E-state index contributed by atoms with van der Waals surface area (Å²) in [4.78, 5) is 0. The lowest BCUT2D eigenvalue weighted by atomic mass is 10.3. The molecule has 0 aromatic carbocycles. The van der Waals surface area contributed by atoms with Crippen LogP contribution in [0.1, 0.15) is 20.3 Å². The lowest BCUT2D eigenvalue weighted by Gasteiger charge is -2.05. The topological polar surface area (TPSA) is 12.0 Å². The average Bonchev–Trinajstić information content (AvgIpc) is 1.83. The van der Waals surface area contributed by atoms with Gasteiger partial charge < -0.3 is 5.32 Å². The van der Waals surface area contributed by atoms with Crippen LogP contribution >= 0.6 is 0 Å². The molecular formula is C8H14F3N. The molecule has 0 heterocycles. The Hall–Kier alpha value is -0.510. The highest BCUT2D eigenvalue weighted by Gasteiger charge is 2.25. The summed E-state index contributed by atoms with van der Waals surface area (Å²) in [5.74, 6) is 0. The van der Waals surface area contributed by atoms with Gasteiger partial charge in [0.05, 0.1) is 6.42 Å². The maximum absolute atomic E-state index is 11.6. The normalized spacial score (nSPS) is 11.4. The van der Waals surface area contributed by atoms with Crippen molar-refractivity contribution in [3.05, 3.63) is 11.6 Å². The summed E-state index contributed by atoms with van der Waals surface area (Å²) in [6.45, 7) is 4.32. The Bertz CT molecular complexity index is 145. The van der Waals surface area contributed by atoms with Crippen molar-refractivity contribution in [3.8, 4) is 0 Å². The summed E-state index contributed by atoms with van der Waals surface area (Å²) in [5.41, 5.74) is 1.11. The Balaban J connectivity index is 3.29. The SMILES string of the molecule is CC(C)=CCNCCC(F)(F)F. The Morgan fingerprint density at radius 1 is 1.33 bits per heavy atom. The molecule has 0 aliphatic rings. The van der Waals surface area contributed by atoms with Crippen LogP contribution in [0.5, 0.6) is 0 Å². The van der Waals surface area contributed by atoms with Gasteiger partial charge in [-0.1, -0.05) is 11.6 Å². The van der Waals surface area contributed by atoms with Gasteiger partial charge in [0.1, 0.15) is 0 Å². The summed E-state index contributed by atoms with van der Waals surface area (Å²) < 4.78 is 34.8. The van der Waals surface area contributed by atoms with Crippen molar-refractivity contribution >= 4 is 0 Å². The molecule has 0 fully saturated rings. The second-order valence-corrected chi connectivity index (χ2v) is 2.85. The largest absolute Gasteiger partial charge is 0.390 e. The molecule has 0 rings (SSSR count). The smallest absolute Gasteiger partial charge is 0.313 e. The van der Waals surface area contributed by atoms with E-state index in [1.807, 2.05) is 19.9 Å². The third-order valence-corrected chi connectivity index (χ3v) is 1.24. The number of halogens is 3. The minimum absolute atomic E-state index is 0.00667. The molecule has 0 radical (unpaired) electrons. The summed E-state index contributed by atoms with van der Waals surface area (Å²) in [7, 11) is 0. The fraction of sp³-hybridized carbons (Fsp3) is 0.750. The number of hydrogen-bond donors (Lipinski definition) is 1. The second-order valence-electron chi connectivity index (χ2n) is 2.85. The molecular weight excluding hydrogens is 167 g/mol. The highest BCUT2D eigenvalue weighted by Crippen LogP contribution is 2.17. The summed E-state index contributed by atoms with van der Waals surface area (Å²) in [6.07, 6.45) is -2.95. The van der Waals surface area contributed by atoms with Gasteiger partial charge in [0.15, 0.2) is 0 Å². The molecule has 0 spiro atoms. The lowest BCUT2D eigenvalue weighted by molar-refractivity contribution is -0.133. The van der Waals surface area contributed by atoms with Gasteiger partial charge in [-0.05, 0) is 13.8 Å². The van der Waals surface area contributed by atoms with Crippen LogP contribution in [0.25, 0.3) is 0 Å². The molecule has 0 unspecified atom stereocenters. The van der Waals surface area contributed by atoms with E-state index in [4.69, 9.17) is 0 Å². The highest BCUT2D eigenvalue weighted by atomic mass is 19.4. The summed E-state index contributed by atoms with van der Waals surface area (Å²) >= 11 is 0. The molecule has 0 amide bonds. The number of hydrogen-bond acceptors (Lipinski definition) is 1. The first kappa shape index (κ1) is 11.5. The van der Waals surface area contributed by atoms with Crippen LogP contribution in [-0.2, 0) is 0 Å². The quantitative estimate of drug-likeness (QED) is 0.519. The van der Waals surface area contributed by atoms with Gasteiger partial charge in [-0.2, -0.15) is 13.2 Å². The van der Waals surface area contributed by atoms with Gasteiger partial charge in [-0.3, -0.25) is 0 Å². The van der Waals surface area contributed by atoms with Crippen LogP contribution in [0.15, 0.2) is 11.6 Å². The molecule has 12 heavy (non-hydrogen) atoms. The number of rotatable bonds is 4. The Morgan fingerprint density at radius 3 is 2.33 bits per heavy atom. The first-order chi connectivity index (χ1) is 5.42. The molecule has 0 aromatic rings. The van der Waals surface area contributed by atoms with E-state index in [-0.39, 0.29) is 6.54 Å². The average molecular weight is 181 g/mol. The van der Waals surface area contributed by atoms with E-state index in [0.717, 1.165) is 5.57 Å². The zero-order valence-electron chi connectivity index (χ0n) is 7.33. The van der Waals surface area contributed by atoms with Gasteiger partial charge in [0.25, 0.3) is 0 Å². The van der Waals surface area contributed by atoms with Crippen molar-refractivity contribution in [2.24, 2.45) is 0 Å². The van der Waals surface area contributed by atoms with Gasteiger partial charge in [0.2, 0.25) is 0 Å². The minimum Gasteiger partial charge on any atom is -0.313 e. The molecule has 0 aliphatic heterocycles. The molecule has 1 N–H and O–H groups in total. The van der Waals surface area contributed by atoms with Gasteiger partial charge in [-0.25, -0.2) is 0 Å². The first-order valence-corrected chi connectivity index (χ1v) is 3.82. The third kappa shape index (κ3) is 9.49. The first-order valence-electron chi connectivity index (χ1n) is 3.82. The molecule has 0 bridgehead atoms. The van der Waals surface area contributed by atoms with Crippen molar-refractivity contribution < 1.29 is 13.2 Å². The molecule has 0 atom stereocenters. The molecule has 72 valence electrons. The van der Waals surface area contributed by atoms with E-state index in [9.17, 15) is 13.2 Å². The van der Waals surface area contributed by atoms with E-state index in [2.05, 4.69) is 5.32 Å². The number of nitrogens with one attached hydrogen (secondary N) is 1. The second kappa shape index (κ2) is 5.19. The fourth-order valence-corrected chi connectivity index (χ4v) is 0.608. The van der Waals surface area contributed by atoms with Crippen LogP contribution in [0.3, 0.4) is 0 Å². The van der Waals surface area contributed by atoms with Crippen LogP contribution < -0.4 is 5.32 Å². The molecule has 0 saturated carbocycles. The molecule has 0 aliphatic carbocycles. The Kier molecular flexibility index (Phi) is 4.97. The fourth-order valence-electron chi connectivity index (χ4n) is 0.608. The van der Waals surface area contributed by atoms with Crippen LogP contribution in [0.2, 0.25) is 0 Å². The van der Waals surface area contributed by atoms with Crippen molar-refractivity contribution in [1.29, 1.82) is 0 Å². The lowest BCUT2D eigenvalue weighted by Crippen LogP contribution is -2.21. The molecule has 0 aromatic heterocycles. The minimum atomic E-state index is -4.04. The Labute approximate surface area is 70.7 Å². The number of alkyl halides is 3. The van der Waals surface area contributed by atoms with Gasteiger partial charge >= 0.3 is 6.18 Å². The zero-order valence-corrected chi connectivity index (χ0v) is 7.33. The van der Waals surface area contributed by atoms with E-state index in [1.165, 1.54) is 0 Å². The molecule has 1 nitrogen and oxygen atoms in total. The van der Waals surface area contributed by atoms with E-state index in [0.29, 0.717) is 6.54 Å². The van der Waals surface area contributed by atoms with Crippen molar-refractivity contribution in [1.82, 2.24) is 5.32 Å². The van der Waals surface area contributed by atoms with Crippen LogP contribution in [0.4, 0.5) is 13.2 Å². The monoisotopic (exact) mass is 181 g/mol. The summed E-state index contributed by atoms with van der Waals surface area (Å²) in [6, 6.07) is 0.